The normalized spacial score (nSPS) is 19.5. The van der Waals surface area contributed by atoms with Crippen molar-refractivity contribution in [3.8, 4) is 0 Å². The quantitative estimate of drug-likeness (QED) is 0.559. The van der Waals surface area contributed by atoms with E-state index in [1.807, 2.05) is 0 Å². The maximum absolute atomic E-state index is 2.43. The lowest BCUT2D eigenvalue weighted by molar-refractivity contribution is 0.275. The summed E-state index contributed by atoms with van der Waals surface area (Å²) >= 11 is 0. The monoisotopic (exact) mass is 140 g/mol. The summed E-state index contributed by atoms with van der Waals surface area (Å²) < 4.78 is 0. The molecule has 0 aromatic carbocycles. The van der Waals surface area contributed by atoms with Gasteiger partial charge in [-0.1, -0.05) is 33.6 Å². The predicted molar refractivity (Wildman–Crippen MR) is 46.0 cm³/mol. The maximum atomic E-state index is 2.43. The Hall–Kier alpha value is 0. The number of hydrogen-bond donors (Lipinski definition) is 0. The topological polar surface area (TPSA) is 0 Å². The number of rotatable bonds is 4. The predicted octanol–water partition coefficient (Wildman–Crippen LogP) is 3.61. The van der Waals surface area contributed by atoms with Gasteiger partial charge in [-0.25, -0.2) is 0 Å². The van der Waals surface area contributed by atoms with Crippen molar-refractivity contribution in [2.75, 3.05) is 0 Å². The standard InChI is InChI=1S/C10H20/c1-4-5-8-10(2,3)9-6-7-9/h9H,4-8H2,1-3H3. The molecule has 0 radical (unpaired) electrons. The SMILES string of the molecule is CCCCC(C)(C)C1CC1. The Morgan fingerprint density at radius 2 is 1.90 bits per heavy atom. The highest BCUT2D eigenvalue weighted by atomic mass is 14.4. The van der Waals surface area contributed by atoms with E-state index in [2.05, 4.69) is 20.8 Å². The van der Waals surface area contributed by atoms with Gasteiger partial charge in [0, 0.05) is 0 Å². The van der Waals surface area contributed by atoms with Crippen LogP contribution in [0.2, 0.25) is 0 Å². The zero-order valence-corrected chi connectivity index (χ0v) is 7.61. The highest BCUT2D eigenvalue weighted by Gasteiger charge is 2.36. The molecule has 0 aromatic rings. The van der Waals surface area contributed by atoms with E-state index in [1.54, 1.807) is 0 Å². The van der Waals surface area contributed by atoms with Crippen LogP contribution in [0, 0.1) is 11.3 Å². The van der Waals surface area contributed by atoms with E-state index in [1.165, 1.54) is 32.1 Å². The van der Waals surface area contributed by atoms with Gasteiger partial charge in [0.1, 0.15) is 0 Å². The van der Waals surface area contributed by atoms with Crippen LogP contribution < -0.4 is 0 Å². The average molecular weight is 140 g/mol. The summed E-state index contributed by atoms with van der Waals surface area (Å²) in [6.07, 6.45) is 7.21. The molecule has 0 unspecified atom stereocenters. The Bertz CT molecular complexity index is 98.6. The molecule has 1 aliphatic rings. The van der Waals surface area contributed by atoms with Crippen molar-refractivity contribution in [2.24, 2.45) is 11.3 Å². The lowest BCUT2D eigenvalue weighted by Gasteiger charge is -2.23. The van der Waals surface area contributed by atoms with Crippen LogP contribution in [0.5, 0.6) is 0 Å². The lowest BCUT2D eigenvalue weighted by Crippen LogP contribution is -2.13. The summed E-state index contributed by atoms with van der Waals surface area (Å²) in [4.78, 5) is 0. The minimum Gasteiger partial charge on any atom is -0.0654 e. The first-order chi connectivity index (χ1) is 4.67. The first-order valence-corrected chi connectivity index (χ1v) is 4.67. The first-order valence-electron chi connectivity index (χ1n) is 4.67. The second-order valence-electron chi connectivity index (χ2n) is 4.37. The van der Waals surface area contributed by atoms with Gasteiger partial charge in [0.2, 0.25) is 0 Å². The van der Waals surface area contributed by atoms with E-state index in [0.29, 0.717) is 5.41 Å². The molecule has 0 atom stereocenters. The van der Waals surface area contributed by atoms with Crippen LogP contribution in [0.1, 0.15) is 52.9 Å². The summed E-state index contributed by atoms with van der Waals surface area (Å²) in [5, 5.41) is 0. The van der Waals surface area contributed by atoms with Crippen LogP contribution in [0.15, 0.2) is 0 Å². The van der Waals surface area contributed by atoms with Crippen molar-refractivity contribution < 1.29 is 0 Å². The van der Waals surface area contributed by atoms with Crippen molar-refractivity contribution in [1.82, 2.24) is 0 Å². The molecule has 10 heavy (non-hydrogen) atoms. The highest BCUT2D eigenvalue weighted by Crippen LogP contribution is 2.47. The minimum atomic E-state index is 0.663. The maximum Gasteiger partial charge on any atom is -0.0326 e. The molecule has 1 saturated carbocycles. The fraction of sp³-hybridized carbons (Fsp3) is 1.00. The van der Waals surface area contributed by atoms with Crippen molar-refractivity contribution in [3.63, 3.8) is 0 Å². The van der Waals surface area contributed by atoms with Gasteiger partial charge < -0.3 is 0 Å². The molecule has 0 N–H and O–H groups in total. The molecular formula is C10H20. The van der Waals surface area contributed by atoms with Gasteiger partial charge in [-0.3, -0.25) is 0 Å². The van der Waals surface area contributed by atoms with Gasteiger partial charge in [-0.15, -0.1) is 0 Å². The van der Waals surface area contributed by atoms with Gasteiger partial charge in [-0.2, -0.15) is 0 Å². The molecule has 0 bridgehead atoms. The molecule has 0 aliphatic heterocycles. The van der Waals surface area contributed by atoms with Gasteiger partial charge in [0.15, 0.2) is 0 Å². The number of unbranched alkanes of at least 4 members (excludes halogenated alkanes) is 1. The highest BCUT2D eigenvalue weighted by molar-refractivity contribution is 4.87. The minimum absolute atomic E-state index is 0.663. The molecule has 60 valence electrons. The Labute approximate surface area is 65.0 Å². The van der Waals surface area contributed by atoms with Crippen LogP contribution in [0.25, 0.3) is 0 Å². The van der Waals surface area contributed by atoms with Gasteiger partial charge in [-0.05, 0) is 30.6 Å². The number of hydrogen-bond acceptors (Lipinski definition) is 0. The van der Waals surface area contributed by atoms with E-state index in [9.17, 15) is 0 Å². The van der Waals surface area contributed by atoms with E-state index in [4.69, 9.17) is 0 Å². The smallest absolute Gasteiger partial charge is 0.0326 e. The fourth-order valence-corrected chi connectivity index (χ4v) is 1.70. The second kappa shape index (κ2) is 2.94. The molecule has 0 aromatic heterocycles. The Kier molecular flexibility index (Phi) is 2.38. The molecule has 0 spiro atoms. The summed E-state index contributed by atoms with van der Waals surface area (Å²) in [7, 11) is 0. The summed E-state index contributed by atoms with van der Waals surface area (Å²) in [6.45, 7) is 7.14. The molecule has 0 heterocycles. The van der Waals surface area contributed by atoms with E-state index >= 15 is 0 Å². The van der Waals surface area contributed by atoms with Gasteiger partial charge in [0.05, 0.1) is 0 Å². The third-order valence-corrected chi connectivity index (χ3v) is 2.86. The summed E-state index contributed by atoms with van der Waals surface area (Å²) in [6, 6.07) is 0. The molecule has 0 heteroatoms. The Balaban J connectivity index is 2.20. The van der Waals surface area contributed by atoms with Gasteiger partial charge >= 0.3 is 0 Å². The molecule has 1 rings (SSSR count). The molecule has 0 nitrogen and oxygen atoms in total. The molecule has 1 aliphatic carbocycles. The second-order valence-corrected chi connectivity index (χ2v) is 4.37. The zero-order chi connectivity index (χ0) is 7.61. The van der Waals surface area contributed by atoms with Crippen molar-refractivity contribution >= 4 is 0 Å². The summed E-state index contributed by atoms with van der Waals surface area (Å²) in [5.41, 5.74) is 0.663. The van der Waals surface area contributed by atoms with Crippen LogP contribution in [-0.4, -0.2) is 0 Å². The van der Waals surface area contributed by atoms with Crippen LogP contribution >= 0.6 is 0 Å². The van der Waals surface area contributed by atoms with Crippen LogP contribution in [0.3, 0.4) is 0 Å². The molecule has 0 saturated heterocycles. The van der Waals surface area contributed by atoms with Crippen molar-refractivity contribution in [3.05, 3.63) is 0 Å². The van der Waals surface area contributed by atoms with E-state index in [0.717, 1.165) is 5.92 Å². The van der Waals surface area contributed by atoms with Crippen molar-refractivity contribution in [2.45, 2.75) is 52.9 Å². The molecule has 0 amide bonds. The Morgan fingerprint density at radius 1 is 1.30 bits per heavy atom. The fourth-order valence-electron chi connectivity index (χ4n) is 1.70. The molecular weight excluding hydrogens is 120 g/mol. The Morgan fingerprint density at radius 3 is 2.30 bits per heavy atom. The van der Waals surface area contributed by atoms with Crippen LogP contribution in [-0.2, 0) is 0 Å². The van der Waals surface area contributed by atoms with Crippen molar-refractivity contribution in [1.29, 1.82) is 0 Å². The third kappa shape index (κ3) is 2.00. The lowest BCUT2D eigenvalue weighted by atomic mass is 9.82. The average Bonchev–Trinajstić information content (AvgIpc) is 2.64. The summed E-state index contributed by atoms with van der Waals surface area (Å²) in [5.74, 6) is 1.07. The largest absolute Gasteiger partial charge is 0.0654 e. The first kappa shape index (κ1) is 8.10. The third-order valence-electron chi connectivity index (χ3n) is 2.86. The van der Waals surface area contributed by atoms with Crippen LogP contribution in [0.4, 0.5) is 0 Å². The zero-order valence-electron chi connectivity index (χ0n) is 7.61. The van der Waals surface area contributed by atoms with Gasteiger partial charge in [0.25, 0.3) is 0 Å². The van der Waals surface area contributed by atoms with E-state index in [-0.39, 0.29) is 0 Å². The molecule has 1 fully saturated rings. The van der Waals surface area contributed by atoms with E-state index < -0.39 is 0 Å².